The van der Waals surface area contributed by atoms with Gasteiger partial charge in [-0.15, -0.1) is 0 Å². The minimum atomic E-state index is -1.38. The quantitative estimate of drug-likeness (QED) is 0.696. The number of carbonyl (C=O) groups excluding carboxylic acids is 1. The smallest absolute Gasteiger partial charge is 0.255 e. The van der Waals surface area contributed by atoms with E-state index in [9.17, 15) is 15.0 Å². The Balaban J connectivity index is 1.96. The summed E-state index contributed by atoms with van der Waals surface area (Å²) in [6.07, 6.45) is -2.22. The zero-order valence-corrected chi connectivity index (χ0v) is 10.2. The molecule has 1 aliphatic heterocycles. The molecular formula is C13H17NO4. The Labute approximate surface area is 105 Å². The van der Waals surface area contributed by atoms with Crippen LogP contribution in [0.1, 0.15) is 12.5 Å². The number of carbonyl (C=O) groups is 1. The maximum Gasteiger partial charge on any atom is 0.255 e. The van der Waals surface area contributed by atoms with Crippen LogP contribution in [0.2, 0.25) is 0 Å². The van der Waals surface area contributed by atoms with Crippen LogP contribution in [0.3, 0.4) is 0 Å². The van der Waals surface area contributed by atoms with Gasteiger partial charge in [0.1, 0.15) is 12.2 Å². The highest BCUT2D eigenvalue weighted by Gasteiger charge is 2.50. The molecule has 18 heavy (non-hydrogen) atoms. The summed E-state index contributed by atoms with van der Waals surface area (Å²) < 4.78 is 5.20. The second kappa shape index (κ2) is 5.06. The standard InChI is InChI=1S/C13H17NO4/c1-13(11(16)10(15)8-18-13)12(17)14-7-9-5-3-2-4-6-9/h2-6,10-11,15-16H,7-8H2,1H3,(H,14,17)/t10-,11-,13+/m1/s1. The van der Waals surface area contributed by atoms with Gasteiger partial charge in [-0.3, -0.25) is 4.79 Å². The SMILES string of the molecule is C[C@]1(C(=O)NCc2ccccc2)OC[C@@H](O)[C@H]1O. The summed E-state index contributed by atoms with van der Waals surface area (Å²) in [6.45, 7) is 1.81. The molecule has 3 atom stereocenters. The van der Waals surface area contributed by atoms with Crippen LogP contribution in [0.5, 0.6) is 0 Å². The van der Waals surface area contributed by atoms with Crippen molar-refractivity contribution >= 4 is 5.91 Å². The lowest BCUT2D eigenvalue weighted by molar-refractivity contribution is -0.147. The zero-order chi connectivity index (χ0) is 13.2. The summed E-state index contributed by atoms with van der Waals surface area (Å²) in [5.41, 5.74) is -0.420. The third kappa shape index (κ3) is 2.38. The Kier molecular flexibility index (Phi) is 3.65. The van der Waals surface area contributed by atoms with Gasteiger partial charge in [0.2, 0.25) is 0 Å². The minimum Gasteiger partial charge on any atom is -0.388 e. The average Bonchev–Trinajstić information content (AvgIpc) is 2.66. The molecule has 5 nitrogen and oxygen atoms in total. The molecule has 1 aliphatic rings. The molecule has 0 spiro atoms. The Morgan fingerprint density at radius 1 is 1.44 bits per heavy atom. The normalized spacial score (nSPS) is 31.3. The topological polar surface area (TPSA) is 78.8 Å². The largest absolute Gasteiger partial charge is 0.388 e. The summed E-state index contributed by atoms with van der Waals surface area (Å²) in [7, 11) is 0. The van der Waals surface area contributed by atoms with E-state index < -0.39 is 23.7 Å². The molecule has 0 radical (unpaired) electrons. The number of nitrogens with one attached hydrogen (secondary N) is 1. The van der Waals surface area contributed by atoms with Gasteiger partial charge < -0.3 is 20.3 Å². The van der Waals surface area contributed by atoms with Crippen LogP contribution in [-0.4, -0.2) is 40.5 Å². The summed E-state index contributed by atoms with van der Waals surface area (Å²) in [4.78, 5) is 12.0. The fourth-order valence-corrected chi connectivity index (χ4v) is 1.96. The first-order valence-electron chi connectivity index (χ1n) is 5.86. The first-order valence-corrected chi connectivity index (χ1v) is 5.86. The third-order valence-corrected chi connectivity index (χ3v) is 3.23. The van der Waals surface area contributed by atoms with E-state index in [0.29, 0.717) is 6.54 Å². The number of rotatable bonds is 3. The second-order valence-corrected chi connectivity index (χ2v) is 4.60. The minimum absolute atomic E-state index is 0.0313. The molecule has 0 aromatic heterocycles. The van der Waals surface area contributed by atoms with Gasteiger partial charge >= 0.3 is 0 Å². The highest BCUT2D eigenvalue weighted by Crippen LogP contribution is 2.26. The van der Waals surface area contributed by atoms with Crippen LogP contribution in [-0.2, 0) is 16.1 Å². The van der Waals surface area contributed by atoms with Crippen LogP contribution in [0, 0.1) is 0 Å². The van der Waals surface area contributed by atoms with E-state index >= 15 is 0 Å². The van der Waals surface area contributed by atoms with Gasteiger partial charge in [-0.05, 0) is 12.5 Å². The maximum absolute atomic E-state index is 12.0. The summed E-state index contributed by atoms with van der Waals surface area (Å²) >= 11 is 0. The van der Waals surface area contributed by atoms with Crippen LogP contribution in [0.4, 0.5) is 0 Å². The Morgan fingerprint density at radius 3 is 2.67 bits per heavy atom. The lowest BCUT2D eigenvalue weighted by atomic mass is 9.97. The van der Waals surface area contributed by atoms with Crippen LogP contribution >= 0.6 is 0 Å². The molecule has 0 aliphatic carbocycles. The lowest BCUT2D eigenvalue weighted by Crippen LogP contribution is -2.52. The molecule has 1 heterocycles. The molecule has 0 bridgehead atoms. The van der Waals surface area contributed by atoms with E-state index in [1.54, 1.807) is 0 Å². The van der Waals surface area contributed by atoms with Gasteiger partial charge in [0.05, 0.1) is 6.61 Å². The highest BCUT2D eigenvalue weighted by atomic mass is 16.5. The lowest BCUT2D eigenvalue weighted by Gasteiger charge is -2.26. The first-order chi connectivity index (χ1) is 8.54. The van der Waals surface area contributed by atoms with Gasteiger partial charge in [0.25, 0.3) is 5.91 Å². The molecule has 0 unspecified atom stereocenters. The molecule has 1 fully saturated rings. The van der Waals surface area contributed by atoms with Gasteiger partial charge in [-0.2, -0.15) is 0 Å². The van der Waals surface area contributed by atoms with E-state index in [2.05, 4.69) is 5.32 Å². The van der Waals surface area contributed by atoms with Gasteiger partial charge in [-0.25, -0.2) is 0 Å². The van der Waals surface area contributed by atoms with Crippen molar-refractivity contribution in [1.29, 1.82) is 0 Å². The zero-order valence-electron chi connectivity index (χ0n) is 10.2. The molecule has 1 aromatic rings. The number of ether oxygens (including phenoxy) is 1. The maximum atomic E-state index is 12.0. The fourth-order valence-electron chi connectivity index (χ4n) is 1.96. The molecule has 2 rings (SSSR count). The van der Waals surface area contributed by atoms with Crippen molar-refractivity contribution in [2.24, 2.45) is 0 Å². The van der Waals surface area contributed by atoms with Crippen LogP contribution in [0.25, 0.3) is 0 Å². The van der Waals surface area contributed by atoms with Crippen LogP contribution < -0.4 is 5.32 Å². The number of hydrogen-bond donors (Lipinski definition) is 3. The van der Waals surface area contributed by atoms with Gasteiger partial charge in [0.15, 0.2) is 5.60 Å². The number of aliphatic hydroxyl groups excluding tert-OH is 2. The van der Waals surface area contributed by atoms with Crippen molar-refractivity contribution < 1.29 is 19.7 Å². The van der Waals surface area contributed by atoms with Crippen LogP contribution in [0.15, 0.2) is 30.3 Å². The predicted octanol–water partition coefficient (Wildman–Crippen LogP) is -0.187. The monoisotopic (exact) mass is 251 g/mol. The van der Waals surface area contributed by atoms with E-state index in [4.69, 9.17) is 4.74 Å². The van der Waals surface area contributed by atoms with Gasteiger partial charge in [0, 0.05) is 6.54 Å². The third-order valence-electron chi connectivity index (χ3n) is 3.23. The van der Waals surface area contributed by atoms with E-state index in [1.165, 1.54) is 6.92 Å². The van der Waals surface area contributed by atoms with Crippen molar-refractivity contribution in [3.8, 4) is 0 Å². The van der Waals surface area contributed by atoms with Crippen molar-refractivity contribution in [3.05, 3.63) is 35.9 Å². The van der Waals surface area contributed by atoms with E-state index in [-0.39, 0.29) is 6.61 Å². The molecule has 1 saturated heterocycles. The van der Waals surface area contributed by atoms with Crippen molar-refractivity contribution in [2.45, 2.75) is 31.3 Å². The molecule has 5 heteroatoms. The Morgan fingerprint density at radius 2 is 2.11 bits per heavy atom. The number of amides is 1. The van der Waals surface area contributed by atoms with Crippen molar-refractivity contribution in [2.75, 3.05) is 6.61 Å². The van der Waals surface area contributed by atoms with E-state index in [0.717, 1.165) is 5.56 Å². The summed E-state index contributed by atoms with van der Waals surface area (Å²) in [6, 6.07) is 9.45. The van der Waals surface area contributed by atoms with Gasteiger partial charge in [-0.1, -0.05) is 30.3 Å². The first kappa shape index (κ1) is 13.0. The molecule has 3 N–H and O–H groups in total. The Hall–Kier alpha value is -1.43. The molecule has 98 valence electrons. The van der Waals surface area contributed by atoms with E-state index in [1.807, 2.05) is 30.3 Å². The average molecular weight is 251 g/mol. The Bertz CT molecular complexity index is 422. The highest BCUT2D eigenvalue weighted by molar-refractivity contribution is 5.86. The number of aliphatic hydroxyl groups is 2. The predicted molar refractivity (Wildman–Crippen MR) is 64.7 cm³/mol. The molecular weight excluding hydrogens is 234 g/mol. The molecule has 1 amide bonds. The summed E-state index contributed by atoms with van der Waals surface area (Å²) in [5, 5.41) is 21.9. The molecule has 0 saturated carbocycles. The number of hydrogen-bond acceptors (Lipinski definition) is 4. The molecule has 1 aromatic carbocycles. The van der Waals surface area contributed by atoms with Crippen molar-refractivity contribution in [3.63, 3.8) is 0 Å². The summed E-state index contributed by atoms with van der Waals surface area (Å²) in [5.74, 6) is -0.421. The second-order valence-electron chi connectivity index (χ2n) is 4.60. The fraction of sp³-hybridized carbons (Fsp3) is 0.462. The van der Waals surface area contributed by atoms with Crippen molar-refractivity contribution in [1.82, 2.24) is 5.32 Å². The number of benzene rings is 1.